The summed E-state index contributed by atoms with van der Waals surface area (Å²) in [7, 11) is 0. The molecule has 0 spiro atoms. The number of nitrogens with one attached hydrogen (secondary N) is 3. The molecule has 10 nitrogen and oxygen atoms in total. The van der Waals surface area contributed by atoms with Crippen LogP contribution in [0.4, 0.5) is 36.4 Å². The van der Waals surface area contributed by atoms with E-state index in [1.807, 2.05) is 24.3 Å². The average molecular weight is 861 g/mol. The van der Waals surface area contributed by atoms with E-state index in [2.05, 4.69) is 25.9 Å². The van der Waals surface area contributed by atoms with Crippen molar-refractivity contribution in [1.82, 2.24) is 35.7 Å². The van der Waals surface area contributed by atoms with Crippen LogP contribution in [0.3, 0.4) is 0 Å². The zero-order valence-electron chi connectivity index (χ0n) is 32.2. The van der Waals surface area contributed by atoms with Crippen molar-refractivity contribution in [2.75, 3.05) is 31.1 Å². The first-order valence-electron chi connectivity index (χ1n) is 19.7. The first-order chi connectivity index (χ1) is 29.1. The van der Waals surface area contributed by atoms with E-state index < -0.39 is 76.9 Å². The molecule has 2 aliphatic carbocycles. The van der Waals surface area contributed by atoms with E-state index in [-0.39, 0.29) is 29.2 Å². The number of pyridine rings is 1. The van der Waals surface area contributed by atoms with Crippen molar-refractivity contribution in [3.05, 3.63) is 118 Å². The van der Waals surface area contributed by atoms with Crippen LogP contribution in [0.15, 0.2) is 66.7 Å². The smallest absolute Gasteiger partial charge is 0.369 e. The number of aromatic nitrogens is 4. The van der Waals surface area contributed by atoms with Crippen molar-refractivity contribution in [1.29, 1.82) is 0 Å². The second kappa shape index (κ2) is 14.4. The van der Waals surface area contributed by atoms with Crippen LogP contribution in [0.1, 0.15) is 63.0 Å². The molecule has 3 aromatic carbocycles. The predicted octanol–water partition coefficient (Wildman–Crippen LogP) is 7.73. The monoisotopic (exact) mass is 860 g/mol. The molecule has 2 aliphatic heterocycles. The Morgan fingerprint density at radius 1 is 0.967 bits per heavy atom. The Morgan fingerprint density at radius 2 is 1.69 bits per heavy atom. The summed E-state index contributed by atoms with van der Waals surface area (Å²) in [5.74, 6) is -9.85. The lowest BCUT2D eigenvalue weighted by atomic mass is 9.93. The number of hydrogen-bond donors (Lipinski definition) is 3. The molecule has 2 fully saturated rings. The van der Waals surface area contributed by atoms with Gasteiger partial charge in [0, 0.05) is 78.6 Å². The summed E-state index contributed by atoms with van der Waals surface area (Å²) in [6.07, 6.45) is -5.34. The summed E-state index contributed by atoms with van der Waals surface area (Å²) in [5, 5.41) is 13.0. The normalized spacial score (nSPS) is 20.6. The van der Waals surface area contributed by atoms with Gasteiger partial charge in [0.2, 0.25) is 5.91 Å². The molecule has 1 saturated carbocycles. The van der Waals surface area contributed by atoms with Gasteiger partial charge >= 0.3 is 6.18 Å². The molecule has 0 bridgehead atoms. The molecule has 18 heteroatoms. The van der Waals surface area contributed by atoms with Crippen LogP contribution in [0.2, 0.25) is 0 Å². The summed E-state index contributed by atoms with van der Waals surface area (Å²) in [4.78, 5) is 38.9. The lowest BCUT2D eigenvalue weighted by molar-refractivity contribution is -0.142. The van der Waals surface area contributed by atoms with E-state index in [9.17, 15) is 31.5 Å². The first-order valence-corrected chi connectivity index (χ1v) is 20.6. The third-order valence-electron chi connectivity index (χ3n) is 12.1. The second-order valence-electron chi connectivity index (χ2n) is 16.0. The zero-order chi connectivity index (χ0) is 42.5. The van der Waals surface area contributed by atoms with E-state index in [4.69, 9.17) is 9.97 Å². The van der Waals surface area contributed by atoms with Crippen LogP contribution in [-0.2, 0) is 36.4 Å². The maximum atomic E-state index is 15.7. The van der Waals surface area contributed by atoms with E-state index in [0.29, 0.717) is 43.7 Å². The van der Waals surface area contributed by atoms with Gasteiger partial charge in [-0.25, -0.2) is 18.7 Å². The van der Waals surface area contributed by atoms with Crippen LogP contribution in [0, 0.1) is 23.5 Å². The number of nitrogens with zero attached hydrogens (tertiary/aromatic N) is 5. The number of amides is 2. The Labute approximate surface area is 347 Å². The van der Waals surface area contributed by atoms with Crippen molar-refractivity contribution in [2.24, 2.45) is 11.8 Å². The van der Waals surface area contributed by atoms with Crippen LogP contribution in [-0.4, -0.2) is 57.7 Å². The third kappa shape index (κ3) is 6.89. The topological polar surface area (TPSA) is 117 Å². The number of thiazole rings is 1. The number of fused-ring (bicyclic) bond motifs is 5. The number of halogens is 7. The summed E-state index contributed by atoms with van der Waals surface area (Å²) >= 11 is 1.35. The molecule has 314 valence electrons. The summed E-state index contributed by atoms with van der Waals surface area (Å²) in [5.41, 5.74) is 1.47. The number of benzene rings is 3. The summed E-state index contributed by atoms with van der Waals surface area (Å²) in [6, 6.07) is 16.5. The fourth-order valence-corrected chi connectivity index (χ4v) is 10.2. The molecule has 0 radical (unpaired) electrons. The minimum atomic E-state index is -5.05. The van der Waals surface area contributed by atoms with Crippen molar-refractivity contribution < 1.29 is 40.3 Å². The van der Waals surface area contributed by atoms with Crippen molar-refractivity contribution in [3.63, 3.8) is 0 Å². The summed E-state index contributed by atoms with van der Waals surface area (Å²) < 4.78 is 104. The van der Waals surface area contributed by atoms with Crippen molar-refractivity contribution >= 4 is 39.2 Å². The van der Waals surface area contributed by atoms with Gasteiger partial charge in [0.15, 0.2) is 11.3 Å². The van der Waals surface area contributed by atoms with Gasteiger partial charge < -0.3 is 20.9 Å². The molecule has 10 rings (SSSR count). The van der Waals surface area contributed by atoms with E-state index in [0.717, 1.165) is 55.1 Å². The van der Waals surface area contributed by atoms with Crippen LogP contribution < -0.4 is 20.9 Å². The largest absolute Gasteiger partial charge is 0.435 e. The number of piperazine rings is 1. The molecule has 4 aliphatic rings. The van der Waals surface area contributed by atoms with E-state index in [1.165, 1.54) is 18.3 Å². The fourth-order valence-electron chi connectivity index (χ4n) is 9.26. The van der Waals surface area contributed by atoms with Gasteiger partial charge in [-0.1, -0.05) is 19.1 Å². The number of carbonyl (C=O) groups is 2. The number of anilines is 1. The minimum Gasteiger partial charge on any atom is -0.369 e. The van der Waals surface area contributed by atoms with Gasteiger partial charge in [0.05, 0.1) is 16.4 Å². The van der Waals surface area contributed by atoms with Crippen LogP contribution in [0.25, 0.3) is 32.0 Å². The molecule has 61 heavy (non-hydrogen) atoms. The van der Waals surface area contributed by atoms with Crippen LogP contribution >= 0.6 is 11.3 Å². The fraction of sp³-hybridized carbons (Fsp3) is 0.326. The maximum absolute atomic E-state index is 15.7. The van der Waals surface area contributed by atoms with Gasteiger partial charge in [-0.2, -0.15) is 27.1 Å². The van der Waals surface area contributed by atoms with Gasteiger partial charge in [0.1, 0.15) is 28.9 Å². The highest BCUT2D eigenvalue weighted by molar-refractivity contribution is 7.21. The Morgan fingerprint density at radius 3 is 2.41 bits per heavy atom. The molecule has 1 saturated heterocycles. The van der Waals surface area contributed by atoms with Gasteiger partial charge in [-0.05, 0) is 77.6 Å². The lowest BCUT2D eigenvalue weighted by Crippen LogP contribution is -2.43. The van der Waals surface area contributed by atoms with Crippen molar-refractivity contribution in [3.8, 4) is 21.7 Å². The summed E-state index contributed by atoms with van der Waals surface area (Å²) in [6.45, 7) is 4.25. The second-order valence-corrected chi connectivity index (χ2v) is 17.0. The SMILES string of the molecule is C[C@@H]1[C@@H]2c3c(C(F)(F)F)nn(CC(=O)N[C@@H](Cc4cc(F)cc(F)c4)c4nc5nc(-c6ccc(N7CCNCC7)cc6)sc5cc4-c4ccc5c(c4)C(=O)NC5)c3C(F)(F)[C@H]12. The Balaban J connectivity index is 1.07. The average Bonchev–Trinajstić information content (AvgIpc) is 3.59. The molecule has 2 amide bonds. The molecule has 3 N–H and O–H groups in total. The van der Waals surface area contributed by atoms with Gasteiger partial charge in [-0.3, -0.25) is 14.3 Å². The molecule has 4 atom stereocenters. The Kier molecular flexibility index (Phi) is 9.24. The van der Waals surface area contributed by atoms with Gasteiger partial charge in [0.25, 0.3) is 11.8 Å². The number of alkyl halides is 5. The number of hydrogen-bond acceptors (Lipinski definition) is 8. The Bertz CT molecular complexity index is 2740. The number of carbonyl (C=O) groups excluding carboxylic acids is 2. The molecule has 5 heterocycles. The lowest BCUT2D eigenvalue weighted by Gasteiger charge is -2.29. The van der Waals surface area contributed by atoms with Crippen LogP contribution in [0.5, 0.6) is 0 Å². The van der Waals surface area contributed by atoms with Gasteiger partial charge in [-0.15, -0.1) is 11.3 Å². The molecule has 0 unspecified atom stereocenters. The maximum Gasteiger partial charge on any atom is 0.435 e. The quantitative estimate of drug-likeness (QED) is 0.128. The molecular formula is C43H35F7N8O2S. The Hall–Kier alpha value is -5.88. The minimum absolute atomic E-state index is 0.0902. The predicted molar refractivity (Wildman–Crippen MR) is 212 cm³/mol. The van der Waals surface area contributed by atoms with Crippen molar-refractivity contribution in [2.45, 2.75) is 50.5 Å². The zero-order valence-corrected chi connectivity index (χ0v) is 33.0. The third-order valence-corrected chi connectivity index (χ3v) is 13.2. The van der Waals surface area contributed by atoms with E-state index >= 15 is 8.78 Å². The molecule has 6 aromatic rings. The molecular weight excluding hydrogens is 826 g/mol. The highest BCUT2D eigenvalue weighted by Gasteiger charge is 2.72. The highest BCUT2D eigenvalue weighted by Crippen LogP contribution is 2.71. The first kappa shape index (κ1) is 39.3. The van der Waals surface area contributed by atoms with E-state index in [1.54, 1.807) is 24.3 Å². The number of rotatable bonds is 9. The molecule has 3 aromatic heterocycles. The standard InChI is InChI=1S/C43H35F7N8O2S/c1-20-33-34-37(43(48,49)50)56-58(38(34)42(46,47)35(20)33)19-32(59)53-30(14-21-12-25(44)16-26(45)13-21)36-28(23-2-3-24-18-52-40(60)29(24)15-23)17-31-39(54-36)55-41(61-31)22-4-6-27(7-5-22)57-10-8-51-9-11-57/h2-7,12-13,15-17,20,30,33,35,51H,8-11,14,18-19H2,1H3,(H,52,60)(H,53,59)/t20-,30+,33-,35-/m1/s1. The highest BCUT2D eigenvalue weighted by atomic mass is 32.1.